The minimum Gasteiger partial charge on any atom is -0.251 e. The Kier molecular flexibility index (Phi) is 3.09. The number of pyridine rings is 1. The van der Waals surface area contributed by atoms with E-state index in [4.69, 9.17) is 5.26 Å². The highest BCUT2D eigenvalue weighted by atomic mass is 14.7. The lowest BCUT2D eigenvalue weighted by atomic mass is 9.86. The Labute approximate surface area is 108 Å². The number of aromatic nitrogens is 1. The van der Waals surface area contributed by atoms with Crippen LogP contribution in [-0.2, 0) is 11.8 Å². The molecule has 1 aromatic heterocycles. The molecule has 0 aliphatic rings. The maximum Gasteiger partial charge on any atom is 0.0777 e. The van der Waals surface area contributed by atoms with Crippen molar-refractivity contribution in [3.63, 3.8) is 0 Å². The summed E-state index contributed by atoms with van der Waals surface area (Å²) in [4.78, 5) is 4.57. The van der Waals surface area contributed by atoms with Gasteiger partial charge in [-0.2, -0.15) is 5.26 Å². The van der Waals surface area contributed by atoms with E-state index in [9.17, 15) is 0 Å². The monoisotopic (exact) mass is 238 g/mol. The normalized spacial score (nSPS) is 11.5. The molecule has 2 nitrogen and oxygen atoms in total. The number of nitrogens with zero attached hydrogens (tertiary/aromatic N) is 2. The molecule has 0 spiro atoms. The number of aryl methyl sites for hydroxylation is 1. The first-order valence-corrected chi connectivity index (χ1v) is 6.19. The van der Waals surface area contributed by atoms with Gasteiger partial charge >= 0.3 is 0 Å². The van der Waals surface area contributed by atoms with E-state index in [0.717, 1.165) is 22.2 Å². The van der Waals surface area contributed by atoms with Gasteiger partial charge in [0.25, 0.3) is 0 Å². The molecule has 0 aliphatic heterocycles. The van der Waals surface area contributed by atoms with E-state index in [2.05, 4.69) is 56.1 Å². The van der Waals surface area contributed by atoms with Gasteiger partial charge in [0.15, 0.2) is 0 Å². The van der Waals surface area contributed by atoms with Crippen molar-refractivity contribution in [3.8, 4) is 6.07 Å². The fourth-order valence-corrected chi connectivity index (χ4v) is 2.04. The summed E-state index contributed by atoms with van der Waals surface area (Å²) >= 11 is 0. The number of nitriles is 1. The average Bonchev–Trinajstić information content (AvgIpc) is 2.28. The first-order valence-electron chi connectivity index (χ1n) is 6.19. The van der Waals surface area contributed by atoms with Gasteiger partial charge in [-0.1, -0.05) is 26.8 Å². The largest absolute Gasteiger partial charge is 0.251 e. The summed E-state index contributed by atoms with van der Waals surface area (Å²) in [5.41, 5.74) is 4.40. The van der Waals surface area contributed by atoms with Gasteiger partial charge in [0.1, 0.15) is 0 Å². The van der Waals surface area contributed by atoms with Crippen LogP contribution in [0.25, 0.3) is 10.9 Å². The van der Waals surface area contributed by atoms with Crippen molar-refractivity contribution in [3.05, 3.63) is 41.1 Å². The molecule has 0 aliphatic carbocycles. The van der Waals surface area contributed by atoms with E-state index in [1.165, 1.54) is 5.56 Å². The van der Waals surface area contributed by atoms with Crippen LogP contribution in [0.5, 0.6) is 0 Å². The van der Waals surface area contributed by atoms with Gasteiger partial charge in [0.2, 0.25) is 0 Å². The lowest BCUT2D eigenvalue weighted by Crippen LogP contribution is -2.10. The molecule has 0 saturated carbocycles. The van der Waals surface area contributed by atoms with Crippen molar-refractivity contribution in [1.29, 1.82) is 5.26 Å². The highest BCUT2D eigenvalue weighted by Gasteiger charge is 2.14. The zero-order valence-electron chi connectivity index (χ0n) is 11.4. The second kappa shape index (κ2) is 4.42. The van der Waals surface area contributed by atoms with Gasteiger partial charge in [-0.05, 0) is 41.7 Å². The number of fused-ring (bicyclic) bond motifs is 1. The lowest BCUT2D eigenvalue weighted by molar-refractivity contribution is 0.591. The molecule has 0 fully saturated rings. The number of rotatable bonds is 1. The van der Waals surface area contributed by atoms with Crippen LogP contribution in [0.15, 0.2) is 24.3 Å². The van der Waals surface area contributed by atoms with Crippen molar-refractivity contribution in [2.24, 2.45) is 0 Å². The smallest absolute Gasteiger partial charge is 0.0777 e. The van der Waals surface area contributed by atoms with E-state index in [-0.39, 0.29) is 5.41 Å². The van der Waals surface area contributed by atoms with Crippen LogP contribution in [0.1, 0.15) is 37.6 Å². The Bertz CT molecular complexity index is 628. The van der Waals surface area contributed by atoms with Crippen LogP contribution < -0.4 is 0 Å². The van der Waals surface area contributed by atoms with Crippen molar-refractivity contribution in [2.75, 3.05) is 0 Å². The lowest BCUT2D eigenvalue weighted by Gasteiger charge is -2.19. The fraction of sp³-hybridized carbons (Fsp3) is 0.375. The third-order valence-electron chi connectivity index (χ3n) is 3.22. The average molecular weight is 238 g/mol. The van der Waals surface area contributed by atoms with Gasteiger partial charge in [0, 0.05) is 5.39 Å². The molecular formula is C16H18N2. The zero-order chi connectivity index (χ0) is 13.3. The maximum absolute atomic E-state index is 8.78. The van der Waals surface area contributed by atoms with Crippen LogP contribution in [0.3, 0.4) is 0 Å². The molecule has 0 saturated heterocycles. The molecule has 0 amide bonds. The molecule has 18 heavy (non-hydrogen) atoms. The summed E-state index contributed by atoms with van der Waals surface area (Å²) in [6, 6.07) is 10.7. The molecule has 0 bridgehead atoms. The van der Waals surface area contributed by atoms with E-state index in [1.807, 2.05) is 6.92 Å². The predicted molar refractivity (Wildman–Crippen MR) is 74.5 cm³/mol. The van der Waals surface area contributed by atoms with Crippen LogP contribution in [0.2, 0.25) is 0 Å². The molecule has 0 atom stereocenters. The minimum atomic E-state index is 0.146. The van der Waals surface area contributed by atoms with Crippen LogP contribution >= 0.6 is 0 Å². The van der Waals surface area contributed by atoms with E-state index in [0.29, 0.717) is 6.42 Å². The molecule has 92 valence electrons. The summed E-state index contributed by atoms with van der Waals surface area (Å²) in [6.07, 6.45) is 0.378. The first kappa shape index (κ1) is 12.6. The maximum atomic E-state index is 8.78. The Hall–Kier alpha value is -1.88. The van der Waals surface area contributed by atoms with E-state index in [1.54, 1.807) is 0 Å². The molecular weight excluding hydrogens is 220 g/mol. The fourth-order valence-electron chi connectivity index (χ4n) is 2.04. The zero-order valence-corrected chi connectivity index (χ0v) is 11.4. The van der Waals surface area contributed by atoms with Crippen molar-refractivity contribution < 1.29 is 0 Å². The second-order valence-corrected chi connectivity index (χ2v) is 5.74. The Morgan fingerprint density at radius 3 is 2.56 bits per heavy atom. The minimum absolute atomic E-state index is 0.146. The third kappa shape index (κ3) is 2.36. The number of hydrogen-bond acceptors (Lipinski definition) is 2. The summed E-state index contributed by atoms with van der Waals surface area (Å²) in [5, 5.41) is 9.93. The Morgan fingerprint density at radius 1 is 1.22 bits per heavy atom. The highest BCUT2D eigenvalue weighted by Crippen LogP contribution is 2.26. The molecule has 1 aromatic carbocycles. The van der Waals surface area contributed by atoms with E-state index < -0.39 is 0 Å². The summed E-state index contributed by atoms with van der Waals surface area (Å²) in [7, 11) is 0. The quantitative estimate of drug-likeness (QED) is 0.755. The van der Waals surface area contributed by atoms with Gasteiger partial charge < -0.3 is 0 Å². The number of benzene rings is 1. The summed E-state index contributed by atoms with van der Waals surface area (Å²) in [6.45, 7) is 8.64. The molecule has 2 rings (SSSR count). The van der Waals surface area contributed by atoms with Gasteiger partial charge in [-0.25, -0.2) is 0 Å². The molecule has 1 heterocycles. The number of hydrogen-bond donors (Lipinski definition) is 0. The SMILES string of the molecule is Cc1cc2cc(C(C)(C)C)ccc2nc1CC#N. The molecule has 0 unspecified atom stereocenters. The van der Waals surface area contributed by atoms with Crippen LogP contribution in [0, 0.1) is 18.3 Å². The topological polar surface area (TPSA) is 36.7 Å². The molecule has 2 aromatic rings. The third-order valence-corrected chi connectivity index (χ3v) is 3.22. The Balaban J connectivity index is 2.60. The van der Waals surface area contributed by atoms with Gasteiger partial charge in [0.05, 0.1) is 23.7 Å². The summed E-state index contributed by atoms with van der Waals surface area (Å²) in [5.74, 6) is 0. The van der Waals surface area contributed by atoms with E-state index >= 15 is 0 Å². The standard InChI is InChI=1S/C16H18N2/c1-11-9-12-10-13(16(2,3)4)5-6-15(12)18-14(11)7-8-17/h5-6,9-10H,7H2,1-4H3. The molecule has 2 heteroatoms. The summed E-state index contributed by atoms with van der Waals surface area (Å²) < 4.78 is 0. The first-order chi connectivity index (χ1) is 8.41. The molecule has 0 radical (unpaired) electrons. The Morgan fingerprint density at radius 2 is 1.94 bits per heavy atom. The van der Waals surface area contributed by atoms with Crippen LogP contribution in [0.4, 0.5) is 0 Å². The van der Waals surface area contributed by atoms with Crippen LogP contribution in [-0.4, -0.2) is 4.98 Å². The van der Waals surface area contributed by atoms with Crippen molar-refractivity contribution >= 4 is 10.9 Å². The van der Waals surface area contributed by atoms with Crippen molar-refractivity contribution in [2.45, 2.75) is 39.5 Å². The highest BCUT2D eigenvalue weighted by molar-refractivity contribution is 5.80. The van der Waals surface area contributed by atoms with Gasteiger partial charge in [-0.3, -0.25) is 4.98 Å². The predicted octanol–water partition coefficient (Wildman–Crippen LogP) is 3.91. The second-order valence-electron chi connectivity index (χ2n) is 5.74. The molecule has 0 N–H and O–H groups in total. The van der Waals surface area contributed by atoms with Gasteiger partial charge in [-0.15, -0.1) is 0 Å². The van der Waals surface area contributed by atoms with Crippen molar-refractivity contribution in [1.82, 2.24) is 4.98 Å².